The number of hydrogen-bond donors (Lipinski definition) is 1. The number of rotatable bonds is 5. The van der Waals surface area contributed by atoms with Gasteiger partial charge in [0.15, 0.2) is 0 Å². The number of sulfonamides is 1. The molecule has 1 aromatic heterocycles. The molecule has 0 aliphatic heterocycles. The Bertz CT molecular complexity index is 1130. The zero-order valence-corrected chi connectivity index (χ0v) is 16.0. The van der Waals surface area contributed by atoms with Crippen LogP contribution in [0.1, 0.15) is 12.5 Å². The van der Waals surface area contributed by atoms with Crippen LogP contribution in [-0.2, 0) is 19.9 Å². The van der Waals surface area contributed by atoms with E-state index in [4.69, 9.17) is 0 Å². The lowest BCUT2D eigenvalue weighted by Gasteiger charge is -2.08. The summed E-state index contributed by atoms with van der Waals surface area (Å²) >= 11 is 1.03. The highest BCUT2D eigenvalue weighted by molar-refractivity contribution is 7.93. The van der Waals surface area contributed by atoms with Gasteiger partial charge in [-0.1, -0.05) is 24.6 Å². The van der Waals surface area contributed by atoms with Gasteiger partial charge in [0, 0.05) is 0 Å². The number of benzene rings is 2. The SMILES string of the molecule is CCS(=O)(=O)c1nc2ccc(NS(=O)(=O)c3ccc(C)cc3)cc2s1. The molecule has 6 nitrogen and oxygen atoms in total. The number of anilines is 1. The van der Waals surface area contributed by atoms with E-state index in [-0.39, 0.29) is 15.0 Å². The van der Waals surface area contributed by atoms with Crippen LogP contribution in [0.3, 0.4) is 0 Å². The first kappa shape index (κ1) is 17.8. The molecule has 0 amide bonds. The molecule has 0 saturated heterocycles. The first-order valence-corrected chi connectivity index (χ1v) is 11.4. The molecular formula is C16H16N2O4S3. The van der Waals surface area contributed by atoms with Crippen LogP contribution in [-0.4, -0.2) is 27.6 Å². The average Bonchev–Trinajstić information content (AvgIpc) is 2.99. The maximum atomic E-state index is 12.4. The van der Waals surface area contributed by atoms with E-state index in [2.05, 4.69) is 9.71 Å². The smallest absolute Gasteiger partial charge is 0.261 e. The monoisotopic (exact) mass is 396 g/mol. The molecule has 0 aliphatic rings. The summed E-state index contributed by atoms with van der Waals surface area (Å²) in [5.41, 5.74) is 1.85. The largest absolute Gasteiger partial charge is 0.280 e. The van der Waals surface area contributed by atoms with Crippen LogP contribution in [0.25, 0.3) is 10.2 Å². The molecule has 0 radical (unpaired) electrons. The van der Waals surface area contributed by atoms with Crippen LogP contribution in [0, 0.1) is 6.92 Å². The van der Waals surface area contributed by atoms with E-state index < -0.39 is 19.9 Å². The quantitative estimate of drug-likeness (QED) is 0.715. The van der Waals surface area contributed by atoms with E-state index in [1.54, 1.807) is 37.3 Å². The average molecular weight is 397 g/mol. The Labute approximate surface area is 150 Å². The van der Waals surface area contributed by atoms with Gasteiger partial charge in [-0.2, -0.15) is 0 Å². The van der Waals surface area contributed by atoms with Crippen LogP contribution in [0.5, 0.6) is 0 Å². The number of nitrogens with one attached hydrogen (secondary N) is 1. The summed E-state index contributed by atoms with van der Waals surface area (Å²) in [7, 11) is -7.10. The number of sulfone groups is 1. The van der Waals surface area contributed by atoms with Crippen molar-refractivity contribution in [2.24, 2.45) is 0 Å². The van der Waals surface area contributed by atoms with Gasteiger partial charge in [-0.25, -0.2) is 21.8 Å². The Morgan fingerprint density at radius 2 is 1.72 bits per heavy atom. The molecule has 1 N–H and O–H groups in total. The lowest BCUT2D eigenvalue weighted by atomic mass is 10.2. The first-order chi connectivity index (χ1) is 11.7. The maximum Gasteiger partial charge on any atom is 0.261 e. The molecule has 3 aromatic rings. The van der Waals surface area contributed by atoms with Crippen molar-refractivity contribution in [2.45, 2.75) is 23.1 Å². The van der Waals surface area contributed by atoms with Gasteiger partial charge in [0.1, 0.15) is 0 Å². The number of nitrogens with zero attached hydrogens (tertiary/aromatic N) is 1. The Morgan fingerprint density at radius 3 is 2.36 bits per heavy atom. The summed E-state index contributed by atoms with van der Waals surface area (Å²) in [5, 5.41) is 0. The number of fused-ring (bicyclic) bond motifs is 1. The molecule has 0 spiro atoms. The van der Waals surface area contributed by atoms with Crippen molar-refractivity contribution in [1.29, 1.82) is 0 Å². The minimum absolute atomic E-state index is 0.0280. The summed E-state index contributed by atoms with van der Waals surface area (Å²) in [4.78, 5) is 4.28. The van der Waals surface area contributed by atoms with Crippen LogP contribution >= 0.6 is 11.3 Å². The normalized spacial score (nSPS) is 12.4. The zero-order chi connectivity index (χ0) is 18.2. The Hall–Kier alpha value is -1.97. The van der Waals surface area contributed by atoms with E-state index in [0.29, 0.717) is 15.9 Å². The lowest BCUT2D eigenvalue weighted by Crippen LogP contribution is -2.12. The molecule has 9 heteroatoms. The second-order valence-electron chi connectivity index (χ2n) is 5.48. The molecular weight excluding hydrogens is 380 g/mol. The van der Waals surface area contributed by atoms with E-state index in [1.807, 2.05) is 6.92 Å². The lowest BCUT2D eigenvalue weighted by molar-refractivity contribution is 0.596. The van der Waals surface area contributed by atoms with Crippen molar-refractivity contribution < 1.29 is 16.8 Å². The molecule has 0 aliphatic carbocycles. The third-order valence-corrected chi connectivity index (χ3v) is 8.20. The minimum atomic E-state index is -3.71. The topological polar surface area (TPSA) is 93.2 Å². The number of aromatic nitrogens is 1. The van der Waals surface area contributed by atoms with Crippen molar-refractivity contribution in [1.82, 2.24) is 4.98 Å². The Balaban J connectivity index is 1.95. The minimum Gasteiger partial charge on any atom is -0.280 e. The number of thiazole rings is 1. The standard InChI is InChI=1S/C16H16N2O4S3/c1-3-24(19,20)16-17-14-9-6-12(10-15(14)23-16)18-25(21,22)13-7-4-11(2)5-8-13/h4-10,18H,3H2,1-2H3. The van der Waals surface area contributed by atoms with Crippen LogP contribution in [0.15, 0.2) is 51.7 Å². The third kappa shape index (κ3) is 3.68. The molecule has 132 valence electrons. The molecule has 0 saturated carbocycles. The summed E-state index contributed by atoms with van der Waals surface area (Å²) in [6.45, 7) is 3.44. The van der Waals surface area contributed by atoms with Crippen molar-refractivity contribution in [3.8, 4) is 0 Å². The highest BCUT2D eigenvalue weighted by Crippen LogP contribution is 2.29. The van der Waals surface area contributed by atoms with Gasteiger partial charge in [0.05, 0.1) is 26.6 Å². The predicted molar refractivity (Wildman–Crippen MR) is 99.3 cm³/mol. The van der Waals surface area contributed by atoms with Gasteiger partial charge in [-0.15, -0.1) is 11.3 Å². The highest BCUT2D eigenvalue weighted by Gasteiger charge is 2.18. The van der Waals surface area contributed by atoms with E-state index in [1.165, 1.54) is 12.1 Å². The van der Waals surface area contributed by atoms with E-state index in [9.17, 15) is 16.8 Å². The van der Waals surface area contributed by atoms with Crippen LogP contribution in [0.2, 0.25) is 0 Å². The fourth-order valence-electron chi connectivity index (χ4n) is 2.15. The number of aryl methyl sites for hydroxylation is 1. The molecule has 0 bridgehead atoms. The second-order valence-corrected chi connectivity index (χ2v) is 10.6. The van der Waals surface area contributed by atoms with E-state index in [0.717, 1.165) is 16.9 Å². The molecule has 25 heavy (non-hydrogen) atoms. The van der Waals surface area contributed by atoms with E-state index >= 15 is 0 Å². The van der Waals surface area contributed by atoms with Gasteiger partial charge < -0.3 is 0 Å². The Morgan fingerprint density at radius 1 is 1.04 bits per heavy atom. The van der Waals surface area contributed by atoms with Crippen LogP contribution < -0.4 is 4.72 Å². The molecule has 3 rings (SSSR count). The van der Waals surface area contributed by atoms with Crippen molar-refractivity contribution in [3.63, 3.8) is 0 Å². The maximum absolute atomic E-state index is 12.4. The van der Waals surface area contributed by atoms with Gasteiger partial charge in [0.2, 0.25) is 14.2 Å². The van der Waals surface area contributed by atoms with Gasteiger partial charge in [-0.3, -0.25) is 4.72 Å². The zero-order valence-electron chi connectivity index (χ0n) is 13.6. The molecule has 1 heterocycles. The third-order valence-electron chi connectivity index (χ3n) is 3.60. The van der Waals surface area contributed by atoms with Gasteiger partial charge in [0.25, 0.3) is 10.0 Å². The molecule has 0 atom stereocenters. The second kappa shape index (κ2) is 6.40. The summed E-state index contributed by atoms with van der Waals surface area (Å²) in [5.74, 6) is -0.0280. The first-order valence-electron chi connectivity index (χ1n) is 7.44. The fraction of sp³-hybridized carbons (Fsp3) is 0.188. The van der Waals surface area contributed by atoms with Crippen molar-refractivity contribution in [2.75, 3.05) is 10.5 Å². The number of hydrogen-bond acceptors (Lipinski definition) is 6. The molecule has 2 aromatic carbocycles. The van der Waals surface area contributed by atoms with Gasteiger partial charge in [-0.05, 0) is 37.3 Å². The fourth-order valence-corrected chi connectivity index (χ4v) is 5.56. The highest BCUT2D eigenvalue weighted by atomic mass is 32.2. The van der Waals surface area contributed by atoms with Crippen LogP contribution in [0.4, 0.5) is 5.69 Å². The van der Waals surface area contributed by atoms with Crippen molar-refractivity contribution in [3.05, 3.63) is 48.0 Å². The molecule has 0 unspecified atom stereocenters. The van der Waals surface area contributed by atoms with Gasteiger partial charge >= 0.3 is 0 Å². The predicted octanol–water partition coefficient (Wildman–Crippen LogP) is 3.20. The Kier molecular flexibility index (Phi) is 4.56. The summed E-state index contributed by atoms with van der Waals surface area (Å²) in [6.07, 6.45) is 0. The summed E-state index contributed by atoms with van der Waals surface area (Å²) in [6, 6.07) is 11.3. The summed E-state index contributed by atoms with van der Waals surface area (Å²) < 4.78 is 51.9. The van der Waals surface area contributed by atoms with Crippen molar-refractivity contribution >= 4 is 47.1 Å². The molecule has 0 fully saturated rings.